The summed E-state index contributed by atoms with van der Waals surface area (Å²) in [5, 5.41) is 0.926. The van der Waals surface area contributed by atoms with Crippen molar-refractivity contribution < 1.29 is 4.39 Å². The van der Waals surface area contributed by atoms with Crippen LogP contribution >= 0.6 is 11.3 Å². The number of anilines is 1. The Hall–Kier alpha value is -2.01. The zero-order chi connectivity index (χ0) is 14.1. The van der Waals surface area contributed by atoms with Gasteiger partial charge in [-0.05, 0) is 30.2 Å². The Bertz CT molecular complexity index is 750. The summed E-state index contributed by atoms with van der Waals surface area (Å²) >= 11 is 1.65. The number of hydrogen-bond acceptors (Lipinski definition) is 4. The SMILES string of the molecule is CCc1cc2c(N)nc(Cc3ccc(F)cc3)nc2s1. The van der Waals surface area contributed by atoms with Gasteiger partial charge >= 0.3 is 0 Å². The molecule has 0 saturated carbocycles. The molecule has 2 N–H and O–H groups in total. The Balaban J connectivity index is 1.97. The van der Waals surface area contributed by atoms with E-state index in [9.17, 15) is 4.39 Å². The van der Waals surface area contributed by atoms with Crippen molar-refractivity contribution in [3.8, 4) is 0 Å². The molecule has 0 radical (unpaired) electrons. The zero-order valence-electron chi connectivity index (χ0n) is 11.1. The molecule has 0 atom stereocenters. The lowest BCUT2D eigenvalue weighted by Crippen LogP contribution is -2.00. The summed E-state index contributed by atoms with van der Waals surface area (Å²) in [7, 11) is 0. The smallest absolute Gasteiger partial charge is 0.136 e. The van der Waals surface area contributed by atoms with Crippen LogP contribution in [0.4, 0.5) is 10.2 Å². The number of hydrogen-bond donors (Lipinski definition) is 1. The van der Waals surface area contributed by atoms with Crippen molar-refractivity contribution in [2.45, 2.75) is 19.8 Å². The molecular formula is C15H14FN3S. The Kier molecular flexibility index (Phi) is 3.36. The maximum absolute atomic E-state index is 12.9. The Morgan fingerprint density at radius 3 is 2.65 bits per heavy atom. The standard InChI is InChI=1S/C15H14FN3S/c1-2-11-8-12-14(17)18-13(19-15(12)20-11)7-9-3-5-10(16)6-4-9/h3-6,8H,2,7H2,1H3,(H2,17,18,19). The van der Waals surface area contributed by atoms with Gasteiger partial charge in [-0.2, -0.15) is 0 Å². The Morgan fingerprint density at radius 2 is 1.95 bits per heavy atom. The van der Waals surface area contributed by atoms with Gasteiger partial charge in [0.2, 0.25) is 0 Å². The van der Waals surface area contributed by atoms with Crippen LogP contribution in [0.25, 0.3) is 10.2 Å². The molecule has 3 aromatic rings. The van der Waals surface area contributed by atoms with Crippen molar-refractivity contribution >= 4 is 27.4 Å². The van der Waals surface area contributed by atoms with E-state index in [1.165, 1.54) is 17.0 Å². The fourth-order valence-electron chi connectivity index (χ4n) is 2.08. The highest BCUT2D eigenvalue weighted by Gasteiger charge is 2.09. The molecule has 0 bridgehead atoms. The molecule has 0 unspecified atom stereocenters. The van der Waals surface area contributed by atoms with Crippen LogP contribution in [0.15, 0.2) is 30.3 Å². The zero-order valence-corrected chi connectivity index (χ0v) is 11.9. The molecule has 0 spiro atoms. The van der Waals surface area contributed by atoms with Crippen LogP contribution in [-0.2, 0) is 12.8 Å². The highest BCUT2D eigenvalue weighted by atomic mass is 32.1. The first kappa shape index (κ1) is 13.0. The summed E-state index contributed by atoms with van der Waals surface area (Å²) in [4.78, 5) is 11.1. The number of aryl methyl sites for hydroxylation is 1. The van der Waals surface area contributed by atoms with E-state index in [2.05, 4.69) is 23.0 Å². The van der Waals surface area contributed by atoms with Crippen LogP contribution in [0, 0.1) is 5.82 Å². The summed E-state index contributed by atoms with van der Waals surface area (Å²) in [6.07, 6.45) is 1.52. The van der Waals surface area contributed by atoms with Crippen LogP contribution in [0.5, 0.6) is 0 Å². The largest absolute Gasteiger partial charge is 0.383 e. The second-order valence-corrected chi connectivity index (χ2v) is 5.73. The first-order valence-corrected chi connectivity index (χ1v) is 7.26. The number of benzene rings is 1. The van der Waals surface area contributed by atoms with E-state index < -0.39 is 0 Å². The molecular weight excluding hydrogens is 273 g/mol. The number of thiophene rings is 1. The summed E-state index contributed by atoms with van der Waals surface area (Å²) < 4.78 is 12.9. The minimum Gasteiger partial charge on any atom is -0.383 e. The molecule has 5 heteroatoms. The third-order valence-electron chi connectivity index (χ3n) is 3.14. The van der Waals surface area contributed by atoms with Crippen molar-refractivity contribution in [3.63, 3.8) is 0 Å². The minimum atomic E-state index is -0.240. The van der Waals surface area contributed by atoms with Crippen LogP contribution in [0.2, 0.25) is 0 Å². The van der Waals surface area contributed by atoms with Crippen LogP contribution in [0.1, 0.15) is 23.2 Å². The van der Waals surface area contributed by atoms with Gasteiger partial charge in [0.05, 0.1) is 5.39 Å². The normalized spacial score (nSPS) is 11.1. The summed E-state index contributed by atoms with van der Waals surface area (Å²) in [6, 6.07) is 8.42. The summed E-state index contributed by atoms with van der Waals surface area (Å²) in [5.74, 6) is 0.949. The number of nitrogens with two attached hydrogens (primary N) is 1. The molecule has 102 valence electrons. The first-order valence-electron chi connectivity index (χ1n) is 6.45. The average Bonchev–Trinajstić information content (AvgIpc) is 2.85. The highest BCUT2D eigenvalue weighted by Crippen LogP contribution is 2.28. The fraction of sp³-hybridized carbons (Fsp3) is 0.200. The van der Waals surface area contributed by atoms with E-state index >= 15 is 0 Å². The van der Waals surface area contributed by atoms with Gasteiger partial charge in [0.25, 0.3) is 0 Å². The van der Waals surface area contributed by atoms with Crippen molar-refractivity contribution in [3.05, 3.63) is 52.4 Å². The van der Waals surface area contributed by atoms with Crippen molar-refractivity contribution in [1.29, 1.82) is 0 Å². The van der Waals surface area contributed by atoms with Gasteiger partial charge in [0.1, 0.15) is 22.3 Å². The van der Waals surface area contributed by atoms with Crippen molar-refractivity contribution in [1.82, 2.24) is 9.97 Å². The summed E-state index contributed by atoms with van der Waals surface area (Å²) in [6.45, 7) is 2.10. The predicted molar refractivity (Wildman–Crippen MR) is 80.4 cm³/mol. The lowest BCUT2D eigenvalue weighted by molar-refractivity contribution is 0.627. The number of rotatable bonds is 3. The number of fused-ring (bicyclic) bond motifs is 1. The topological polar surface area (TPSA) is 51.8 Å². The Labute approximate surface area is 120 Å². The molecule has 3 nitrogen and oxygen atoms in total. The highest BCUT2D eigenvalue weighted by molar-refractivity contribution is 7.18. The number of nitrogens with zero attached hydrogens (tertiary/aromatic N) is 2. The lowest BCUT2D eigenvalue weighted by Gasteiger charge is -2.02. The van der Waals surface area contributed by atoms with E-state index in [0.717, 1.165) is 22.2 Å². The average molecular weight is 287 g/mol. The number of halogens is 1. The van der Waals surface area contributed by atoms with E-state index in [0.29, 0.717) is 18.1 Å². The predicted octanol–water partition coefficient (Wildman–Crippen LogP) is 3.57. The molecule has 0 amide bonds. The van der Waals surface area contributed by atoms with Crippen LogP contribution in [0.3, 0.4) is 0 Å². The van der Waals surface area contributed by atoms with E-state index in [1.54, 1.807) is 23.5 Å². The molecule has 0 aliphatic heterocycles. The third-order valence-corrected chi connectivity index (χ3v) is 4.32. The van der Waals surface area contributed by atoms with Gasteiger partial charge in [-0.3, -0.25) is 0 Å². The maximum Gasteiger partial charge on any atom is 0.136 e. The second kappa shape index (κ2) is 5.17. The molecule has 20 heavy (non-hydrogen) atoms. The van der Waals surface area contributed by atoms with E-state index in [-0.39, 0.29) is 5.82 Å². The molecule has 0 aliphatic rings. The van der Waals surface area contributed by atoms with E-state index in [4.69, 9.17) is 5.73 Å². The molecule has 2 heterocycles. The summed E-state index contributed by atoms with van der Waals surface area (Å²) in [5.41, 5.74) is 6.97. The monoisotopic (exact) mass is 287 g/mol. The number of nitrogen functional groups attached to an aromatic ring is 1. The van der Waals surface area contributed by atoms with Gasteiger partial charge in [0.15, 0.2) is 0 Å². The minimum absolute atomic E-state index is 0.240. The molecule has 0 saturated heterocycles. The third kappa shape index (κ3) is 2.49. The van der Waals surface area contributed by atoms with Crippen LogP contribution in [-0.4, -0.2) is 9.97 Å². The molecule has 3 rings (SSSR count). The molecule has 0 fully saturated rings. The fourth-order valence-corrected chi connectivity index (χ4v) is 3.07. The van der Waals surface area contributed by atoms with Gasteiger partial charge in [-0.25, -0.2) is 14.4 Å². The maximum atomic E-state index is 12.9. The van der Waals surface area contributed by atoms with Crippen molar-refractivity contribution in [2.24, 2.45) is 0 Å². The second-order valence-electron chi connectivity index (χ2n) is 4.61. The molecule has 0 aliphatic carbocycles. The van der Waals surface area contributed by atoms with Gasteiger partial charge in [0, 0.05) is 11.3 Å². The van der Waals surface area contributed by atoms with Crippen LogP contribution < -0.4 is 5.73 Å². The lowest BCUT2D eigenvalue weighted by atomic mass is 10.1. The van der Waals surface area contributed by atoms with Gasteiger partial charge in [-0.1, -0.05) is 19.1 Å². The quantitative estimate of drug-likeness (QED) is 0.801. The first-order chi connectivity index (χ1) is 9.65. The van der Waals surface area contributed by atoms with Gasteiger partial charge in [-0.15, -0.1) is 11.3 Å². The molecule has 1 aromatic carbocycles. The number of aromatic nitrogens is 2. The van der Waals surface area contributed by atoms with Gasteiger partial charge < -0.3 is 5.73 Å². The van der Waals surface area contributed by atoms with E-state index in [1.807, 2.05) is 0 Å². The van der Waals surface area contributed by atoms with Crippen molar-refractivity contribution in [2.75, 3.05) is 5.73 Å². The molecule has 2 aromatic heterocycles. The Morgan fingerprint density at radius 1 is 1.20 bits per heavy atom.